The van der Waals surface area contributed by atoms with Gasteiger partial charge in [0, 0.05) is 12.1 Å². The van der Waals surface area contributed by atoms with Crippen molar-refractivity contribution in [3.63, 3.8) is 0 Å². The zero-order valence-corrected chi connectivity index (χ0v) is 7.88. The summed E-state index contributed by atoms with van der Waals surface area (Å²) >= 11 is 0. The number of benzene rings is 1. The van der Waals surface area contributed by atoms with Gasteiger partial charge in [-0.3, -0.25) is 4.79 Å². The highest BCUT2D eigenvalue weighted by molar-refractivity contribution is 5.67. The first kappa shape index (κ1) is 10.5. The van der Waals surface area contributed by atoms with Gasteiger partial charge < -0.3 is 10.8 Å². The summed E-state index contributed by atoms with van der Waals surface area (Å²) in [6.45, 7) is 1.62. The van der Waals surface area contributed by atoms with Gasteiger partial charge in [-0.1, -0.05) is 0 Å². The average molecular weight is 197 g/mol. The number of hydrogen-bond acceptors (Lipinski definition) is 2. The normalized spacial score (nSPS) is 10.1. The van der Waals surface area contributed by atoms with Crippen molar-refractivity contribution in [3.8, 4) is 0 Å². The second-order valence-corrected chi connectivity index (χ2v) is 3.19. The summed E-state index contributed by atoms with van der Waals surface area (Å²) < 4.78 is 13.1. The largest absolute Gasteiger partial charge is 0.481 e. The Hall–Kier alpha value is -1.58. The molecule has 0 atom stereocenters. The zero-order valence-electron chi connectivity index (χ0n) is 7.88. The number of halogens is 1. The molecule has 0 aliphatic heterocycles. The number of anilines is 1. The van der Waals surface area contributed by atoms with Crippen LogP contribution in [0.5, 0.6) is 0 Å². The molecule has 1 aromatic carbocycles. The Morgan fingerprint density at radius 3 is 2.79 bits per heavy atom. The molecule has 14 heavy (non-hydrogen) atoms. The lowest BCUT2D eigenvalue weighted by molar-refractivity contribution is -0.136. The van der Waals surface area contributed by atoms with Gasteiger partial charge in [0.15, 0.2) is 0 Å². The third kappa shape index (κ3) is 2.45. The highest BCUT2D eigenvalue weighted by Crippen LogP contribution is 2.18. The van der Waals surface area contributed by atoms with Crippen LogP contribution in [0.25, 0.3) is 0 Å². The van der Waals surface area contributed by atoms with E-state index in [1.54, 1.807) is 6.92 Å². The molecule has 0 bridgehead atoms. The predicted molar refractivity (Wildman–Crippen MR) is 51.5 cm³/mol. The van der Waals surface area contributed by atoms with E-state index in [2.05, 4.69) is 0 Å². The number of rotatable bonds is 3. The van der Waals surface area contributed by atoms with Gasteiger partial charge in [0.2, 0.25) is 0 Å². The van der Waals surface area contributed by atoms with E-state index < -0.39 is 5.97 Å². The molecule has 0 fully saturated rings. The van der Waals surface area contributed by atoms with Crippen molar-refractivity contribution >= 4 is 11.7 Å². The molecule has 3 N–H and O–H groups in total. The number of carboxylic acids is 1. The lowest BCUT2D eigenvalue weighted by atomic mass is 10.0. The maximum Gasteiger partial charge on any atom is 0.303 e. The van der Waals surface area contributed by atoms with Gasteiger partial charge in [-0.05, 0) is 36.6 Å². The van der Waals surface area contributed by atoms with Crippen molar-refractivity contribution < 1.29 is 14.3 Å². The van der Waals surface area contributed by atoms with Crippen molar-refractivity contribution in [2.24, 2.45) is 0 Å². The number of hydrogen-bond donors (Lipinski definition) is 2. The Morgan fingerprint density at radius 2 is 2.21 bits per heavy atom. The zero-order chi connectivity index (χ0) is 10.7. The fraction of sp³-hybridized carbons (Fsp3) is 0.300. The van der Waals surface area contributed by atoms with Gasteiger partial charge in [-0.15, -0.1) is 0 Å². The van der Waals surface area contributed by atoms with Crippen LogP contribution in [0.1, 0.15) is 17.5 Å². The van der Waals surface area contributed by atoms with E-state index in [0.717, 1.165) is 0 Å². The van der Waals surface area contributed by atoms with Crippen LogP contribution in [0.4, 0.5) is 10.1 Å². The molecule has 1 aromatic rings. The summed E-state index contributed by atoms with van der Waals surface area (Å²) in [5.74, 6) is -1.26. The Kier molecular flexibility index (Phi) is 3.06. The smallest absolute Gasteiger partial charge is 0.303 e. The average Bonchev–Trinajstić information content (AvgIpc) is 2.09. The van der Waals surface area contributed by atoms with Crippen LogP contribution in [0.3, 0.4) is 0 Å². The van der Waals surface area contributed by atoms with Crippen LogP contribution in [0.15, 0.2) is 12.1 Å². The molecule has 0 aliphatic carbocycles. The molecule has 0 saturated carbocycles. The number of aryl methyl sites for hydroxylation is 2. The second kappa shape index (κ2) is 4.09. The summed E-state index contributed by atoms with van der Waals surface area (Å²) in [7, 11) is 0. The standard InChI is InChI=1S/C10H12FNO2/c1-6-4-9(12)7(5-8(6)11)2-3-10(13)14/h4-5H,2-3,12H2,1H3,(H,13,14). The van der Waals surface area contributed by atoms with Gasteiger partial charge in [0.05, 0.1) is 0 Å². The fourth-order valence-corrected chi connectivity index (χ4v) is 1.20. The maximum absolute atomic E-state index is 13.1. The van der Waals surface area contributed by atoms with Crippen LogP contribution in [0, 0.1) is 12.7 Å². The van der Waals surface area contributed by atoms with Crippen LogP contribution in [-0.2, 0) is 11.2 Å². The molecule has 3 nitrogen and oxygen atoms in total. The molecular formula is C10H12FNO2. The van der Waals surface area contributed by atoms with Crippen molar-refractivity contribution in [1.82, 2.24) is 0 Å². The molecule has 0 radical (unpaired) electrons. The van der Waals surface area contributed by atoms with Crippen LogP contribution >= 0.6 is 0 Å². The van der Waals surface area contributed by atoms with Crippen LogP contribution in [-0.4, -0.2) is 11.1 Å². The quantitative estimate of drug-likeness (QED) is 0.725. The van der Waals surface area contributed by atoms with E-state index in [-0.39, 0.29) is 18.7 Å². The SMILES string of the molecule is Cc1cc(N)c(CCC(=O)O)cc1F. The second-order valence-electron chi connectivity index (χ2n) is 3.19. The lowest BCUT2D eigenvalue weighted by Gasteiger charge is -2.06. The lowest BCUT2D eigenvalue weighted by Crippen LogP contribution is -2.02. The number of aliphatic carboxylic acids is 1. The molecule has 0 saturated heterocycles. The molecule has 4 heteroatoms. The Bertz CT molecular complexity index is 363. The Labute approximate surface area is 81.4 Å². The third-order valence-electron chi connectivity index (χ3n) is 2.03. The van der Waals surface area contributed by atoms with Gasteiger partial charge in [0.1, 0.15) is 5.82 Å². The van der Waals surface area contributed by atoms with Gasteiger partial charge in [-0.25, -0.2) is 4.39 Å². The monoisotopic (exact) mass is 197 g/mol. The molecule has 76 valence electrons. The number of nitrogen functional groups attached to an aromatic ring is 1. The Balaban J connectivity index is 2.87. The van der Waals surface area contributed by atoms with Gasteiger partial charge >= 0.3 is 5.97 Å². The summed E-state index contributed by atoms with van der Waals surface area (Å²) in [5, 5.41) is 8.46. The van der Waals surface area contributed by atoms with Gasteiger partial charge in [-0.2, -0.15) is 0 Å². The number of carboxylic acid groups (broad SMARTS) is 1. The number of nitrogens with two attached hydrogens (primary N) is 1. The van der Waals surface area contributed by atoms with E-state index in [9.17, 15) is 9.18 Å². The minimum Gasteiger partial charge on any atom is -0.481 e. The van der Waals surface area contributed by atoms with E-state index in [4.69, 9.17) is 10.8 Å². The summed E-state index contributed by atoms with van der Waals surface area (Å²) in [6.07, 6.45) is 0.227. The summed E-state index contributed by atoms with van der Waals surface area (Å²) in [4.78, 5) is 10.3. The maximum atomic E-state index is 13.1. The first-order valence-electron chi connectivity index (χ1n) is 4.27. The van der Waals surface area contributed by atoms with Gasteiger partial charge in [0.25, 0.3) is 0 Å². The first-order chi connectivity index (χ1) is 6.50. The molecule has 0 heterocycles. The Morgan fingerprint density at radius 1 is 1.57 bits per heavy atom. The molecule has 1 rings (SSSR count). The fourth-order valence-electron chi connectivity index (χ4n) is 1.20. The van der Waals surface area contributed by atoms with E-state index in [1.807, 2.05) is 0 Å². The molecule has 0 aromatic heterocycles. The van der Waals surface area contributed by atoms with Crippen molar-refractivity contribution in [3.05, 3.63) is 29.1 Å². The first-order valence-corrected chi connectivity index (χ1v) is 4.27. The molecule has 0 spiro atoms. The molecular weight excluding hydrogens is 185 g/mol. The highest BCUT2D eigenvalue weighted by atomic mass is 19.1. The van der Waals surface area contributed by atoms with E-state index >= 15 is 0 Å². The van der Waals surface area contributed by atoms with E-state index in [1.165, 1.54) is 12.1 Å². The molecule has 0 amide bonds. The minimum absolute atomic E-state index is 0.0350. The van der Waals surface area contributed by atoms with E-state index in [0.29, 0.717) is 16.8 Å². The van der Waals surface area contributed by atoms with Crippen LogP contribution in [0.2, 0.25) is 0 Å². The minimum atomic E-state index is -0.912. The predicted octanol–water partition coefficient (Wildman–Crippen LogP) is 1.73. The third-order valence-corrected chi connectivity index (χ3v) is 2.03. The summed E-state index contributed by atoms with van der Waals surface area (Å²) in [6, 6.07) is 2.82. The number of carbonyl (C=O) groups is 1. The van der Waals surface area contributed by atoms with Crippen molar-refractivity contribution in [1.29, 1.82) is 0 Å². The molecule has 0 unspecified atom stereocenters. The highest BCUT2D eigenvalue weighted by Gasteiger charge is 2.06. The van der Waals surface area contributed by atoms with Crippen molar-refractivity contribution in [2.45, 2.75) is 19.8 Å². The summed E-state index contributed by atoms with van der Waals surface area (Å²) in [5.41, 5.74) is 7.09. The molecule has 0 aliphatic rings. The van der Waals surface area contributed by atoms with Crippen LogP contribution < -0.4 is 5.73 Å². The topological polar surface area (TPSA) is 63.3 Å². The van der Waals surface area contributed by atoms with Crippen molar-refractivity contribution in [2.75, 3.05) is 5.73 Å².